The summed E-state index contributed by atoms with van der Waals surface area (Å²) in [6, 6.07) is 26.1. The van der Waals surface area contributed by atoms with Crippen LogP contribution in [0.5, 0.6) is 23.0 Å². The molecule has 2 amide bonds. The minimum absolute atomic E-state index is 0.235. The van der Waals surface area contributed by atoms with E-state index in [4.69, 9.17) is 24.7 Å². The summed E-state index contributed by atoms with van der Waals surface area (Å²) in [7, 11) is 6.27. The Morgan fingerprint density at radius 1 is 0.554 bits per heavy atom. The zero-order valence-corrected chi connectivity index (χ0v) is 34.4. The Labute approximate surface area is 331 Å². The van der Waals surface area contributed by atoms with Gasteiger partial charge in [0.2, 0.25) is 11.8 Å². The van der Waals surface area contributed by atoms with Gasteiger partial charge < -0.3 is 39.8 Å². The lowest BCUT2D eigenvalue weighted by Crippen LogP contribution is -2.72. The maximum atomic E-state index is 16.0. The van der Waals surface area contributed by atoms with Gasteiger partial charge in [-0.15, -0.1) is 0 Å². The van der Waals surface area contributed by atoms with E-state index >= 15 is 4.79 Å². The molecule has 0 bridgehead atoms. The van der Waals surface area contributed by atoms with E-state index in [0.717, 1.165) is 0 Å². The fourth-order valence-electron chi connectivity index (χ4n) is 8.56. The Morgan fingerprint density at radius 3 is 0.964 bits per heavy atom. The molecular formula is C46H58N2O8. The third-order valence-electron chi connectivity index (χ3n) is 11.4. The van der Waals surface area contributed by atoms with Crippen molar-refractivity contribution in [2.75, 3.05) is 28.4 Å². The molecular weight excluding hydrogens is 709 g/mol. The van der Waals surface area contributed by atoms with Gasteiger partial charge >= 0.3 is 0 Å². The van der Waals surface area contributed by atoms with Crippen LogP contribution in [0.15, 0.2) is 97.1 Å². The second-order valence-corrected chi connectivity index (χ2v) is 17.0. The van der Waals surface area contributed by atoms with E-state index in [-0.39, 0.29) is 12.8 Å². The number of carbonyl (C=O) groups is 2. The molecule has 1 fully saturated rings. The van der Waals surface area contributed by atoms with E-state index in [9.17, 15) is 15.0 Å². The summed E-state index contributed by atoms with van der Waals surface area (Å²) in [5.74, 6) is 1.01. The van der Waals surface area contributed by atoms with Gasteiger partial charge in [0.1, 0.15) is 39.6 Å². The first-order valence-corrected chi connectivity index (χ1v) is 19.0. The number of nitrogens with two attached hydrogens (primary N) is 1. The largest absolute Gasteiger partial charge is 0.497 e. The molecule has 0 unspecified atom stereocenters. The molecule has 5 rings (SSSR count). The maximum Gasteiger partial charge on any atom is 0.239 e. The first kappa shape index (κ1) is 42.1. The molecule has 2 atom stereocenters. The summed E-state index contributed by atoms with van der Waals surface area (Å²) in [4.78, 5) is 31.3. The highest BCUT2D eigenvalue weighted by Crippen LogP contribution is 2.54. The molecule has 0 aromatic heterocycles. The van der Waals surface area contributed by atoms with Crippen molar-refractivity contribution in [1.29, 1.82) is 0 Å². The smallest absolute Gasteiger partial charge is 0.239 e. The van der Waals surface area contributed by atoms with Crippen LogP contribution in [0.3, 0.4) is 0 Å². The fourth-order valence-corrected chi connectivity index (χ4v) is 8.56. The van der Waals surface area contributed by atoms with Crippen molar-refractivity contribution in [3.05, 3.63) is 119 Å². The van der Waals surface area contributed by atoms with Crippen molar-refractivity contribution < 1.29 is 38.7 Å². The highest BCUT2D eigenvalue weighted by molar-refractivity contribution is 6.05. The van der Waals surface area contributed by atoms with Gasteiger partial charge in [-0.3, -0.25) is 9.59 Å². The standard InChI is InChI=1S/C46H58N2O8/c1-42(2,3)38(45(51,30-12-20-34(53-7)21-13-30)31-14-22-35(54-8)23-15-31)48(41(50)44(40(47)49)28-11-29-44)39(43(4,5)6)46(52,32-16-24-36(55-9)25-17-32)33-18-26-37(56-10)27-19-33/h12-27,38-39,51-52H,11,28-29H2,1-10H3,(H2,47,49)/t38-,39-/m1/s1. The maximum absolute atomic E-state index is 16.0. The highest BCUT2D eigenvalue weighted by atomic mass is 16.5. The lowest BCUT2D eigenvalue weighted by atomic mass is 9.61. The van der Waals surface area contributed by atoms with Gasteiger partial charge in [0, 0.05) is 0 Å². The number of benzene rings is 4. The van der Waals surface area contributed by atoms with Crippen LogP contribution in [0.1, 0.15) is 83.1 Å². The van der Waals surface area contributed by atoms with Gasteiger partial charge in [-0.05, 0) is 94.5 Å². The fraction of sp³-hybridized carbons (Fsp3) is 0.435. The SMILES string of the molecule is COc1ccc(C(O)(c2ccc(OC)cc2)[C@H](N(C(=O)C2(C(N)=O)CCC2)[C@H](C(C)(C)C)C(O)(c2ccc(OC)cc2)c2ccc(OC)cc2)C(C)(C)C)cc1. The Bertz CT molecular complexity index is 1740. The molecule has 56 heavy (non-hydrogen) atoms. The molecule has 0 aliphatic heterocycles. The van der Waals surface area contributed by atoms with Crippen LogP contribution in [0.2, 0.25) is 0 Å². The van der Waals surface area contributed by atoms with Crippen LogP contribution in [0.4, 0.5) is 0 Å². The molecule has 0 saturated heterocycles. The number of nitrogens with zero attached hydrogens (tertiary/aromatic N) is 1. The van der Waals surface area contributed by atoms with Crippen molar-refractivity contribution in [2.24, 2.45) is 22.0 Å². The number of primary amides is 1. The first-order chi connectivity index (χ1) is 26.3. The number of amides is 2. The third kappa shape index (κ3) is 7.44. The van der Waals surface area contributed by atoms with Gasteiger partial charge in [-0.25, -0.2) is 0 Å². The van der Waals surface area contributed by atoms with E-state index in [1.54, 1.807) is 130 Å². The number of hydrogen-bond donors (Lipinski definition) is 3. The minimum Gasteiger partial charge on any atom is -0.497 e. The molecule has 4 aromatic carbocycles. The van der Waals surface area contributed by atoms with E-state index in [0.29, 0.717) is 51.7 Å². The lowest BCUT2D eigenvalue weighted by Gasteiger charge is -2.60. The van der Waals surface area contributed by atoms with Gasteiger partial charge in [0.15, 0.2) is 0 Å². The van der Waals surface area contributed by atoms with Gasteiger partial charge in [-0.1, -0.05) is 96.5 Å². The van der Waals surface area contributed by atoms with Crippen LogP contribution in [0.25, 0.3) is 0 Å². The quantitative estimate of drug-likeness (QED) is 0.115. The molecule has 4 aromatic rings. The summed E-state index contributed by atoms with van der Waals surface area (Å²) in [5.41, 5.74) is 0.716. The van der Waals surface area contributed by atoms with Crippen LogP contribution < -0.4 is 24.7 Å². The predicted molar refractivity (Wildman–Crippen MR) is 217 cm³/mol. The monoisotopic (exact) mass is 766 g/mol. The van der Waals surface area contributed by atoms with Gasteiger partial charge in [0.25, 0.3) is 0 Å². The van der Waals surface area contributed by atoms with Crippen molar-refractivity contribution in [3.8, 4) is 23.0 Å². The summed E-state index contributed by atoms with van der Waals surface area (Å²) >= 11 is 0. The number of methoxy groups -OCH3 is 4. The lowest BCUT2D eigenvalue weighted by molar-refractivity contribution is -0.188. The average Bonchev–Trinajstić information content (AvgIpc) is 3.15. The van der Waals surface area contributed by atoms with E-state index < -0.39 is 51.3 Å². The molecule has 300 valence electrons. The number of rotatable bonds is 14. The molecule has 1 saturated carbocycles. The number of carbonyl (C=O) groups excluding carboxylic acids is 2. The topological polar surface area (TPSA) is 141 Å². The Hall–Kier alpha value is -5.06. The molecule has 10 nitrogen and oxygen atoms in total. The second-order valence-electron chi connectivity index (χ2n) is 17.0. The average molecular weight is 767 g/mol. The molecule has 0 spiro atoms. The van der Waals surface area contributed by atoms with Crippen molar-refractivity contribution >= 4 is 11.8 Å². The first-order valence-electron chi connectivity index (χ1n) is 19.0. The predicted octanol–water partition coefficient (Wildman–Crippen LogP) is 7.21. The Kier molecular flexibility index (Phi) is 11.9. The van der Waals surface area contributed by atoms with Crippen molar-refractivity contribution in [3.63, 3.8) is 0 Å². The van der Waals surface area contributed by atoms with E-state index in [2.05, 4.69) is 0 Å². The van der Waals surface area contributed by atoms with Crippen molar-refractivity contribution in [2.45, 2.75) is 84.1 Å². The molecule has 4 N–H and O–H groups in total. The summed E-state index contributed by atoms with van der Waals surface area (Å²) < 4.78 is 22.1. The van der Waals surface area contributed by atoms with Crippen LogP contribution in [0, 0.1) is 16.2 Å². The molecule has 0 radical (unpaired) electrons. The zero-order chi connectivity index (χ0) is 41.3. The molecule has 1 aliphatic carbocycles. The Balaban J connectivity index is 1.97. The number of hydrogen-bond acceptors (Lipinski definition) is 8. The number of aliphatic hydroxyl groups is 2. The molecule has 0 heterocycles. The summed E-state index contributed by atoms with van der Waals surface area (Å²) in [5, 5.41) is 27.9. The molecule has 10 heteroatoms. The minimum atomic E-state index is -1.96. The zero-order valence-electron chi connectivity index (χ0n) is 34.4. The third-order valence-corrected chi connectivity index (χ3v) is 11.4. The van der Waals surface area contributed by atoms with Gasteiger partial charge in [-0.2, -0.15) is 0 Å². The van der Waals surface area contributed by atoms with E-state index in [1.165, 1.54) is 0 Å². The second kappa shape index (κ2) is 15.8. The summed E-state index contributed by atoms with van der Waals surface area (Å²) in [6.45, 7) is 11.7. The molecule has 1 aliphatic rings. The summed E-state index contributed by atoms with van der Waals surface area (Å²) in [6.07, 6.45) is 1.09. The van der Waals surface area contributed by atoms with Crippen molar-refractivity contribution in [1.82, 2.24) is 4.90 Å². The highest BCUT2D eigenvalue weighted by Gasteiger charge is 2.63. The van der Waals surface area contributed by atoms with Crippen LogP contribution >= 0.6 is 0 Å². The normalized spacial score (nSPS) is 15.5. The number of ether oxygens (including phenoxy) is 4. The van der Waals surface area contributed by atoms with Gasteiger partial charge in [0.05, 0.1) is 40.5 Å². The van der Waals surface area contributed by atoms with Crippen LogP contribution in [-0.2, 0) is 20.8 Å². The van der Waals surface area contributed by atoms with Crippen LogP contribution in [-0.4, -0.2) is 67.5 Å². The van der Waals surface area contributed by atoms with E-state index in [1.807, 2.05) is 41.5 Å². The Morgan fingerprint density at radius 2 is 0.804 bits per heavy atom.